The molecular weight excluding hydrogens is 379 g/mol. The number of hydrogen-bond donors (Lipinski definition) is 1. The molecule has 1 aliphatic heterocycles. The second-order valence-corrected chi connectivity index (χ2v) is 7.16. The summed E-state index contributed by atoms with van der Waals surface area (Å²) in [6, 6.07) is 10.5. The van der Waals surface area contributed by atoms with E-state index in [9.17, 15) is 18.0 Å². The number of fused-ring (bicyclic) bond motifs is 1. The van der Waals surface area contributed by atoms with Gasteiger partial charge in [0.1, 0.15) is 0 Å². The molecule has 1 atom stereocenters. The third kappa shape index (κ3) is 5.32. The monoisotopic (exact) mass is 397 g/mol. The predicted octanol–water partition coefficient (Wildman–Crippen LogP) is 4.95. The van der Waals surface area contributed by atoms with Gasteiger partial charge in [-0.1, -0.05) is 6.07 Å². The second-order valence-electron chi connectivity index (χ2n) is 6.02. The van der Waals surface area contributed by atoms with Gasteiger partial charge < -0.3 is 14.8 Å². The normalized spacial score (nSPS) is 15.0. The zero-order valence-electron chi connectivity index (χ0n) is 14.5. The fourth-order valence-electron chi connectivity index (χ4n) is 2.62. The van der Waals surface area contributed by atoms with E-state index in [-0.39, 0.29) is 28.6 Å². The van der Waals surface area contributed by atoms with Crippen molar-refractivity contribution in [3.05, 3.63) is 53.6 Å². The van der Waals surface area contributed by atoms with Crippen LogP contribution in [0.25, 0.3) is 0 Å². The lowest BCUT2D eigenvalue weighted by molar-refractivity contribution is -0.0328. The van der Waals surface area contributed by atoms with E-state index in [1.165, 1.54) is 24.3 Å². The number of nitrogens with one attached hydrogen (secondary N) is 1. The highest BCUT2D eigenvalue weighted by Crippen LogP contribution is 2.37. The Kier molecular flexibility index (Phi) is 5.84. The van der Waals surface area contributed by atoms with Gasteiger partial charge >= 0.3 is 5.51 Å². The number of thioether (sulfide) groups is 1. The van der Waals surface area contributed by atoms with Crippen molar-refractivity contribution in [2.24, 2.45) is 0 Å². The van der Waals surface area contributed by atoms with Gasteiger partial charge in [0, 0.05) is 16.9 Å². The van der Waals surface area contributed by atoms with Crippen LogP contribution in [-0.2, 0) is 0 Å². The first-order chi connectivity index (χ1) is 12.8. The van der Waals surface area contributed by atoms with E-state index in [2.05, 4.69) is 5.32 Å². The summed E-state index contributed by atoms with van der Waals surface area (Å²) in [5.41, 5.74) is -3.21. The molecule has 0 saturated carbocycles. The van der Waals surface area contributed by atoms with Crippen molar-refractivity contribution in [1.29, 1.82) is 0 Å². The number of rotatable bonds is 4. The molecule has 4 nitrogen and oxygen atoms in total. The van der Waals surface area contributed by atoms with Gasteiger partial charge in [0.25, 0.3) is 5.91 Å². The van der Waals surface area contributed by atoms with E-state index in [4.69, 9.17) is 9.47 Å². The maximum Gasteiger partial charge on any atom is 0.446 e. The number of carbonyl (C=O) groups excluding carboxylic acids is 1. The molecule has 1 unspecified atom stereocenters. The molecule has 0 radical (unpaired) electrons. The van der Waals surface area contributed by atoms with E-state index >= 15 is 0 Å². The summed E-state index contributed by atoms with van der Waals surface area (Å²) in [6.07, 6.45) is 0.804. The highest BCUT2D eigenvalue weighted by Gasteiger charge is 2.29. The fraction of sp³-hybridized carbons (Fsp3) is 0.316. The molecule has 0 aliphatic carbocycles. The summed E-state index contributed by atoms with van der Waals surface area (Å²) in [6.45, 7) is 2.99. The molecule has 2 aromatic carbocycles. The molecule has 1 N–H and O–H groups in total. The van der Waals surface area contributed by atoms with Crippen molar-refractivity contribution in [3.63, 3.8) is 0 Å². The summed E-state index contributed by atoms with van der Waals surface area (Å²) in [5, 5.41) is 2.84. The molecule has 1 heterocycles. The minimum atomic E-state index is -4.35. The first kappa shape index (κ1) is 19.4. The minimum Gasteiger partial charge on any atom is -0.490 e. The van der Waals surface area contributed by atoms with Gasteiger partial charge in [0.15, 0.2) is 11.5 Å². The molecule has 0 bridgehead atoms. The number of alkyl halides is 3. The Balaban J connectivity index is 1.66. The molecular formula is C19H18F3NO3S. The summed E-state index contributed by atoms with van der Waals surface area (Å²) in [5.74, 6) is 0.949. The molecule has 8 heteroatoms. The maximum absolute atomic E-state index is 12.4. The van der Waals surface area contributed by atoms with Crippen LogP contribution in [-0.4, -0.2) is 24.6 Å². The minimum absolute atomic E-state index is 0.0370. The second kappa shape index (κ2) is 8.12. The SMILES string of the molecule is CC(NC(=O)c1ccc(SC(F)(F)F)cc1)c1ccc2c(c1)OCCCO2. The number of carbonyl (C=O) groups is 1. The zero-order valence-corrected chi connectivity index (χ0v) is 15.3. The molecule has 27 heavy (non-hydrogen) atoms. The first-order valence-electron chi connectivity index (χ1n) is 8.38. The lowest BCUT2D eigenvalue weighted by Gasteiger charge is -2.16. The molecule has 2 aromatic rings. The van der Waals surface area contributed by atoms with Crippen molar-refractivity contribution < 1.29 is 27.4 Å². The average molecular weight is 397 g/mol. The van der Waals surface area contributed by atoms with Gasteiger partial charge in [0.2, 0.25) is 0 Å². The lowest BCUT2D eigenvalue weighted by atomic mass is 10.1. The average Bonchev–Trinajstić information content (AvgIpc) is 2.85. The number of hydrogen-bond acceptors (Lipinski definition) is 4. The molecule has 0 spiro atoms. The molecule has 1 amide bonds. The van der Waals surface area contributed by atoms with Crippen LogP contribution >= 0.6 is 11.8 Å². The van der Waals surface area contributed by atoms with Crippen molar-refractivity contribution in [2.45, 2.75) is 29.8 Å². The Labute approximate surface area is 159 Å². The third-order valence-electron chi connectivity index (χ3n) is 3.97. The number of halogens is 3. The largest absolute Gasteiger partial charge is 0.490 e. The Bertz CT molecular complexity index is 809. The highest BCUT2D eigenvalue weighted by molar-refractivity contribution is 8.00. The van der Waals surface area contributed by atoms with E-state index in [1.807, 2.05) is 25.1 Å². The van der Waals surface area contributed by atoms with Gasteiger partial charge in [-0.25, -0.2) is 0 Å². The van der Waals surface area contributed by atoms with E-state index < -0.39 is 5.51 Å². The molecule has 1 aliphatic rings. The summed E-state index contributed by atoms with van der Waals surface area (Å²) < 4.78 is 48.3. The van der Waals surface area contributed by atoms with Crippen molar-refractivity contribution in [3.8, 4) is 11.5 Å². The van der Waals surface area contributed by atoms with Crippen LogP contribution in [0.2, 0.25) is 0 Å². The van der Waals surface area contributed by atoms with Gasteiger partial charge in [-0.3, -0.25) is 4.79 Å². The van der Waals surface area contributed by atoms with Gasteiger partial charge in [-0.05, 0) is 60.6 Å². The highest BCUT2D eigenvalue weighted by atomic mass is 32.2. The Morgan fingerprint density at radius 2 is 1.74 bits per heavy atom. The molecule has 0 fully saturated rings. The molecule has 0 aromatic heterocycles. The smallest absolute Gasteiger partial charge is 0.446 e. The van der Waals surface area contributed by atoms with Gasteiger partial charge in [0.05, 0.1) is 19.3 Å². The van der Waals surface area contributed by atoms with Crippen molar-refractivity contribution in [2.75, 3.05) is 13.2 Å². The predicted molar refractivity (Wildman–Crippen MR) is 96.3 cm³/mol. The maximum atomic E-state index is 12.4. The van der Waals surface area contributed by atoms with Gasteiger partial charge in [-0.2, -0.15) is 13.2 Å². The van der Waals surface area contributed by atoms with Crippen LogP contribution < -0.4 is 14.8 Å². The topological polar surface area (TPSA) is 47.6 Å². The van der Waals surface area contributed by atoms with E-state index in [0.29, 0.717) is 30.3 Å². The lowest BCUT2D eigenvalue weighted by Crippen LogP contribution is -2.26. The van der Waals surface area contributed by atoms with E-state index in [1.54, 1.807) is 0 Å². The standard InChI is InChI=1S/C19H18F3NO3S/c1-12(14-5-8-16-17(11-14)26-10-2-9-25-16)23-18(24)13-3-6-15(7-4-13)27-19(20,21)22/h3-8,11-12H,2,9-10H2,1H3,(H,23,24). The summed E-state index contributed by atoms with van der Waals surface area (Å²) >= 11 is -0.211. The molecule has 0 saturated heterocycles. The first-order valence-corrected chi connectivity index (χ1v) is 9.20. The Morgan fingerprint density at radius 1 is 1.07 bits per heavy atom. The zero-order chi connectivity index (χ0) is 19.4. The number of amides is 1. The van der Waals surface area contributed by atoms with Crippen LogP contribution in [0.5, 0.6) is 11.5 Å². The fourth-order valence-corrected chi connectivity index (χ4v) is 3.16. The molecule has 144 valence electrons. The Morgan fingerprint density at radius 3 is 2.41 bits per heavy atom. The van der Waals surface area contributed by atoms with Crippen LogP contribution in [0.3, 0.4) is 0 Å². The summed E-state index contributed by atoms with van der Waals surface area (Å²) in [7, 11) is 0. The van der Waals surface area contributed by atoms with Crippen molar-refractivity contribution >= 4 is 17.7 Å². The Hall–Kier alpha value is -2.35. The van der Waals surface area contributed by atoms with Crippen LogP contribution in [0, 0.1) is 0 Å². The number of ether oxygens (including phenoxy) is 2. The number of benzene rings is 2. The van der Waals surface area contributed by atoms with Gasteiger partial charge in [-0.15, -0.1) is 0 Å². The van der Waals surface area contributed by atoms with Crippen molar-refractivity contribution in [1.82, 2.24) is 5.32 Å². The van der Waals surface area contributed by atoms with Crippen LogP contribution in [0.4, 0.5) is 13.2 Å². The van der Waals surface area contributed by atoms with Crippen LogP contribution in [0.1, 0.15) is 35.3 Å². The van der Waals surface area contributed by atoms with Crippen LogP contribution in [0.15, 0.2) is 47.4 Å². The molecule has 3 rings (SSSR count). The summed E-state index contributed by atoms with van der Waals surface area (Å²) in [4.78, 5) is 12.4. The quantitative estimate of drug-likeness (QED) is 0.742. The van der Waals surface area contributed by atoms with E-state index in [0.717, 1.165) is 12.0 Å². The third-order valence-corrected chi connectivity index (χ3v) is 4.71.